The first-order valence-corrected chi connectivity index (χ1v) is 10.2. The molecule has 2 aliphatic rings. The van der Waals surface area contributed by atoms with Crippen LogP contribution < -0.4 is 11.1 Å². The SMILES string of the molecule is N[C@@H](CC(=O)N1Cc2ccccc2C[C@@H]1C(=O)NC1CC1)Cc1ccccc1F. The number of hydrogen-bond donors (Lipinski definition) is 2. The maximum Gasteiger partial charge on any atom is 0.243 e. The van der Waals surface area contributed by atoms with Gasteiger partial charge in [-0.15, -0.1) is 0 Å². The van der Waals surface area contributed by atoms with Crippen molar-refractivity contribution in [3.63, 3.8) is 0 Å². The van der Waals surface area contributed by atoms with Crippen LogP contribution in [0.15, 0.2) is 48.5 Å². The summed E-state index contributed by atoms with van der Waals surface area (Å²) in [7, 11) is 0. The highest BCUT2D eigenvalue weighted by Gasteiger charge is 2.37. The predicted octanol–water partition coefficient (Wildman–Crippen LogP) is 2.32. The Kier molecular flexibility index (Phi) is 5.62. The molecule has 0 radical (unpaired) electrons. The van der Waals surface area contributed by atoms with E-state index in [1.54, 1.807) is 23.1 Å². The topological polar surface area (TPSA) is 75.4 Å². The molecule has 1 saturated carbocycles. The molecule has 4 rings (SSSR count). The molecule has 5 nitrogen and oxygen atoms in total. The van der Waals surface area contributed by atoms with E-state index in [4.69, 9.17) is 5.73 Å². The third kappa shape index (κ3) is 4.65. The van der Waals surface area contributed by atoms with Crippen molar-refractivity contribution in [1.82, 2.24) is 10.2 Å². The molecule has 2 amide bonds. The van der Waals surface area contributed by atoms with Crippen molar-refractivity contribution in [2.45, 2.75) is 56.8 Å². The van der Waals surface area contributed by atoms with Crippen LogP contribution in [0.25, 0.3) is 0 Å². The van der Waals surface area contributed by atoms with Crippen LogP contribution in [0, 0.1) is 5.82 Å². The molecule has 3 N–H and O–H groups in total. The number of benzene rings is 2. The monoisotopic (exact) mass is 395 g/mol. The molecular weight excluding hydrogens is 369 g/mol. The molecule has 0 unspecified atom stereocenters. The quantitative estimate of drug-likeness (QED) is 0.788. The predicted molar refractivity (Wildman–Crippen MR) is 108 cm³/mol. The normalized spacial score (nSPS) is 19.4. The summed E-state index contributed by atoms with van der Waals surface area (Å²) in [6, 6.07) is 13.6. The molecular formula is C23H26FN3O2. The number of nitrogens with one attached hydrogen (secondary N) is 1. The van der Waals surface area contributed by atoms with Crippen molar-refractivity contribution in [1.29, 1.82) is 0 Å². The van der Waals surface area contributed by atoms with Crippen molar-refractivity contribution in [2.75, 3.05) is 0 Å². The van der Waals surface area contributed by atoms with E-state index in [-0.39, 0.29) is 36.5 Å². The Morgan fingerprint density at radius 1 is 1.10 bits per heavy atom. The van der Waals surface area contributed by atoms with Gasteiger partial charge in [0, 0.05) is 31.5 Å². The second-order valence-electron chi connectivity index (χ2n) is 8.05. The molecule has 1 aliphatic heterocycles. The van der Waals surface area contributed by atoms with Gasteiger partial charge in [0.2, 0.25) is 11.8 Å². The highest BCUT2D eigenvalue weighted by Crippen LogP contribution is 2.26. The average Bonchev–Trinajstić information content (AvgIpc) is 3.52. The molecule has 0 saturated heterocycles. The molecule has 2 aromatic carbocycles. The van der Waals surface area contributed by atoms with Crippen LogP contribution >= 0.6 is 0 Å². The van der Waals surface area contributed by atoms with Crippen LogP contribution in [0.1, 0.15) is 36.0 Å². The molecule has 0 spiro atoms. The van der Waals surface area contributed by atoms with Crippen molar-refractivity contribution in [2.24, 2.45) is 5.73 Å². The first-order valence-electron chi connectivity index (χ1n) is 10.2. The zero-order chi connectivity index (χ0) is 20.4. The van der Waals surface area contributed by atoms with Gasteiger partial charge in [0.15, 0.2) is 0 Å². The second kappa shape index (κ2) is 8.33. The summed E-state index contributed by atoms with van der Waals surface area (Å²) >= 11 is 0. The smallest absolute Gasteiger partial charge is 0.243 e. The van der Waals surface area contributed by atoms with E-state index < -0.39 is 12.1 Å². The molecule has 2 atom stereocenters. The Morgan fingerprint density at radius 3 is 2.52 bits per heavy atom. The van der Waals surface area contributed by atoms with Crippen LogP contribution in [-0.2, 0) is 29.0 Å². The minimum absolute atomic E-state index is 0.0731. The summed E-state index contributed by atoms with van der Waals surface area (Å²) < 4.78 is 13.9. The largest absolute Gasteiger partial charge is 0.352 e. The fourth-order valence-corrected chi connectivity index (χ4v) is 3.90. The highest BCUT2D eigenvalue weighted by molar-refractivity contribution is 5.89. The summed E-state index contributed by atoms with van der Waals surface area (Å²) in [5, 5.41) is 3.03. The first kappa shape index (κ1) is 19.6. The van der Waals surface area contributed by atoms with Crippen molar-refractivity contribution < 1.29 is 14.0 Å². The summed E-state index contributed by atoms with van der Waals surface area (Å²) in [5.41, 5.74) is 8.83. The number of rotatable bonds is 6. The van der Waals surface area contributed by atoms with E-state index in [2.05, 4.69) is 5.32 Å². The van der Waals surface area contributed by atoms with E-state index in [1.165, 1.54) is 6.07 Å². The van der Waals surface area contributed by atoms with Crippen molar-refractivity contribution in [3.05, 3.63) is 71.0 Å². The number of nitrogens with zero attached hydrogens (tertiary/aromatic N) is 1. The van der Waals surface area contributed by atoms with Crippen LogP contribution in [0.3, 0.4) is 0 Å². The Hall–Kier alpha value is -2.73. The number of amides is 2. The van der Waals surface area contributed by atoms with Crippen LogP contribution in [0.4, 0.5) is 4.39 Å². The van der Waals surface area contributed by atoms with Gasteiger partial charge in [-0.2, -0.15) is 0 Å². The Balaban J connectivity index is 1.47. The molecule has 0 bridgehead atoms. The maximum atomic E-state index is 13.9. The highest BCUT2D eigenvalue weighted by atomic mass is 19.1. The molecule has 6 heteroatoms. The van der Waals surface area contributed by atoms with Gasteiger partial charge in [-0.3, -0.25) is 9.59 Å². The lowest BCUT2D eigenvalue weighted by atomic mass is 9.92. The van der Waals surface area contributed by atoms with Gasteiger partial charge in [-0.25, -0.2) is 4.39 Å². The lowest BCUT2D eigenvalue weighted by Gasteiger charge is -2.36. The molecule has 29 heavy (non-hydrogen) atoms. The number of halogens is 1. The summed E-state index contributed by atoms with van der Waals surface area (Å²) in [5.74, 6) is -0.582. The standard InChI is InChI=1S/C23H26FN3O2/c24-20-8-4-3-6-16(20)11-18(25)13-22(28)27-14-17-7-2-1-5-15(17)12-21(27)23(29)26-19-9-10-19/h1-8,18-19,21H,9-14,25H2,(H,26,29)/t18-,21-/m1/s1. The third-order valence-corrected chi connectivity index (χ3v) is 5.67. The minimum atomic E-state index is -0.529. The lowest BCUT2D eigenvalue weighted by Crippen LogP contribution is -2.53. The number of nitrogens with two attached hydrogens (primary N) is 1. The molecule has 1 fully saturated rings. The molecule has 2 aromatic rings. The van der Waals surface area contributed by atoms with Gasteiger partial charge >= 0.3 is 0 Å². The molecule has 152 valence electrons. The van der Waals surface area contributed by atoms with E-state index >= 15 is 0 Å². The summed E-state index contributed by atoms with van der Waals surface area (Å²) in [6.07, 6.45) is 2.85. The fraction of sp³-hybridized carbons (Fsp3) is 0.391. The lowest BCUT2D eigenvalue weighted by molar-refractivity contribution is -0.142. The maximum absolute atomic E-state index is 13.9. The van der Waals surface area contributed by atoms with Crippen LogP contribution in [0.2, 0.25) is 0 Å². The Bertz CT molecular complexity index is 913. The first-order chi connectivity index (χ1) is 14.0. The zero-order valence-electron chi connectivity index (χ0n) is 16.3. The van der Waals surface area contributed by atoms with E-state index in [9.17, 15) is 14.0 Å². The Labute approximate surface area is 170 Å². The minimum Gasteiger partial charge on any atom is -0.352 e. The molecule has 1 heterocycles. The summed E-state index contributed by atoms with van der Waals surface area (Å²) in [6.45, 7) is 0.393. The second-order valence-corrected chi connectivity index (χ2v) is 8.05. The number of carbonyl (C=O) groups excluding carboxylic acids is 2. The molecule has 1 aliphatic carbocycles. The zero-order valence-corrected chi connectivity index (χ0v) is 16.3. The van der Waals surface area contributed by atoms with Crippen LogP contribution in [0.5, 0.6) is 0 Å². The third-order valence-electron chi connectivity index (χ3n) is 5.67. The van der Waals surface area contributed by atoms with E-state index in [0.717, 1.165) is 24.0 Å². The fourth-order valence-electron chi connectivity index (χ4n) is 3.90. The average molecular weight is 395 g/mol. The van der Waals surface area contributed by atoms with Gasteiger partial charge in [-0.05, 0) is 42.0 Å². The van der Waals surface area contributed by atoms with Gasteiger partial charge < -0.3 is 16.0 Å². The molecule has 0 aromatic heterocycles. The number of hydrogen-bond acceptors (Lipinski definition) is 3. The van der Waals surface area contributed by atoms with Gasteiger partial charge in [0.05, 0.1) is 0 Å². The van der Waals surface area contributed by atoms with Crippen molar-refractivity contribution in [3.8, 4) is 0 Å². The van der Waals surface area contributed by atoms with Crippen LogP contribution in [-0.4, -0.2) is 34.8 Å². The van der Waals surface area contributed by atoms with Gasteiger partial charge in [0.1, 0.15) is 11.9 Å². The number of carbonyl (C=O) groups is 2. The number of fused-ring (bicyclic) bond motifs is 1. The van der Waals surface area contributed by atoms with Gasteiger partial charge in [-0.1, -0.05) is 42.5 Å². The summed E-state index contributed by atoms with van der Waals surface area (Å²) in [4.78, 5) is 27.5. The Morgan fingerprint density at radius 2 is 1.79 bits per heavy atom. The van der Waals surface area contributed by atoms with E-state index in [1.807, 2.05) is 24.3 Å². The van der Waals surface area contributed by atoms with Gasteiger partial charge in [0.25, 0.3) is 0 Å². The van der Waals surface area contributed by atoms with Crippen molar-refractivity contribution >= 4 is 11.8 Å². The van der Waals surface area contributed by atoms with E-state index in [0.29, 0.717) is 18.5 Å².